The Labute approximate surface area is 165 Å². The van der Waals surface area contributed by atoms with E-state index in [9.17, 15) is 23.2 Å². The van der Waals surface area contributed by atoms with Gasteiger partial charge in [-0.25, -0.2) is 5.06 Å². The van der Waals surface area contributed by atoms with E-state index in [2.05, 4.69) is 0 Å². The second-order valence-electron chi connectivity index (χ2n) is 6.26. The number of benzene rings is 2. The van der Waals surface area contributed by atoms with Gasteiger partial charge in [-0.1, -0.05) is 36.4 Å². The van der Waals surface area contributed by atoms with Gasteiger partial charge in [-0.3, -0.25) is 10.0 Å². The number of hydrogen-bond acceptors (Lipinski definition) is 5. The lowest BCUT2D eigenvalue weighted by atomic mass is 9.94. The van der Waals surface area contributed by atoms with Crippen LogP contribution in [0.25, 0.3) is 0 Å². The van der Waals surface area contributed by atoms with Crippen LogP contribution in [0.1, 0.15) is 15.9 Å². The maximum absolute atomic E-state index is 13.3. The number of hydrogen-bond donors (Lipinski definition) is 1. The Hall–Kier alpha value is -3.26. The summed E-state index contributed by atoms with van der Waals surface area (Å²) in [5.41, 5.74) is 0.311. The highest BCUT2D eigenvalue weighted by Gasteiger charge is 2.48. The molecule has 0 aromatic heterocycles. The van der Waals surface area contributed by atoms with Gasteiger partial charge in [0.1, 0.15) is 6.61 Å². The van der Waals surface area contributed by atoms with E-state index < -0.39 is 23.6 Å². The van der Waals surface area contributed by atoms with E-state index in [0.29, 0.717) is 5.75 Å². The van der Waals surface area contributed by atoms with Crippen LogP contribution in [0, 0.1) is 0 Å². The molecule has 3 rings (SSSR count). The van der Waals surface area contributed by atoms with Gasteiger partial charge in [-0.2, -0.15) is 13.2 Å². The Morgan fingerprint density at radius 2 is 1.86 bits per heavy atom. The molecule has 1 aliphatic heterocycles. The molecule has 152 valence electrons. The van der Waals surface area contributed by atoms with Crippen LogP contribution in [0.2, 0.25) is 0 Å². The number of hydroxylamine groups is 2. The Morgan fingerprint density at radius 3 is 2.52 bits per heavy atom. The molecule has 0 fully saturated rings. The summed E-state index contributed by atoms with van der Waals surface area (Å²) in [6.07, 6.45) is -1.77. The first-order valence-electron chi connectivity index (χ1n) is 8.63. The molecular weight excluding hydrogens is 387 g/mol. The third kappa shape index (κ3) is 4.60. The zero-order chi connectivity index (χ0) is 21.0. The Bertz CT molecular complexity index is 939. The molecule has 1 unspecified atom stereocenters. The zero-order valence-electron chi connectivity index (χ0n) is 15.4. The predicted molar refractivity (Wildman–Crippen MR) is 98.8 cm³/mol. The summed E-state index contributed by atoms with van der Waals surface area (Å²) in [6, 6.07) is 11.1. The molecule has 1 N–H and O–H groups in total. The van der Waals surface area contributed by atoms with Crippen molar-refractivity contribution < 1.29 is 32.6 Å². The fourth-order valence-corrected chi connectivity index (χ4v) is 2.91. The molecule has 0 saturated carbocycles. The van der Waals surface area contributed by atoms with Crippen molar-refractivity contribution >= 4 is 5.78 Å². The normalized spacial score (nSPS) is 16.4. The van der Waals surface area contributed by atoms with Gasteiger partial charge >= 0.3 is 6.18 Å². The third-order valence-electron chi connectivity index (χ3n) is 4.31. The van der Waals surface area contributed by atoms with Crippen molar-refractivity contribution in [1.29, 1.82) is 0 Å². The summed E-state index contributed by atoms with van der Waals surface area (Å²) < 4.78 is 50.9. The van der Waals surface area contributed by atoms with E-state index in [4.69, 9.17) is 9.47 Å². The van der Waals surface area contributed by atoms with Crippen LogP contribution in [0.15, 0.2) is 72.5 Å². The minimum atomic E-state index is -4.83. The number of nitrogens with zero attached hydrogens (tertiary/aromatic N) is 1. The minimum absolute atomic E-state index is 0.0156. The van der Waals surface area contributed by atoms with Gasteiger partial charge in [0.05, 0.1) is 7.11 Å². The molecule has 0 amide bonds. The standard InChI is InChI=1S/C21H18F3NO4/c1-28-18-12-15(9-10-17(18)29-13-14-6-3-2-4-7-14)19(26)16-8-5-11-25(27)20(16)21(22,23)24/h2-12,20,27H,13H2,1H3. The first kappa shape index (κ1) is 20.5. The van der Waals surface area contributed by atoms with E-state index in [1.165, 1.54) is 31.4 Å². The number of Topliss-reactive ketones (excluding diaryl/α,β-unsaturated/α-hetero) is 1. The molecule has 2 aromatic carbocycles. The average Bonchev–Trinajstić information content (AvgIpc) is 2.71. The molecule has 8 heteroatoms. The number of allylic oxidation sites excluding steroid dienone is 2. The van der Waals surface area contributed by atoms with E-state index in [-0.39, 0.29) is 23.0 Å². The van der Waals surface area contributed by atoms with Crippen molar-refractivity contribution in [2.75, 3.05) is 7.11 Å². The maximum atomic E-state index is 13.3. The maximum Gasteiger partial charge on any atom is 0.415 e. The number of carbonyl (C=O) groups is 1. The molecule has 0 spiro atoms. The van der Waals surface area contributed by atoms with Crippen molar-refractivity contribution in [3.8, 4) is 11.5 Å². The Morgan fingerprint density at radius 1 is 1.14 bits per heavy atom. The highest BCUT2D eigenvalue weighted by molar-refractivity contribution is 6.10. The highest BCUT2D eigenvalue weighted by atomic mass is 19.4. The van der Waals surface area contributed by atoms with Gasteiger partial charge in [0.15, 0.2) is 23.3 Å². The second kappa shape index (κ2) is 8.40. The van der Waals surface area contributed by atoms with Crippen molar-refractivity contribution in [1.82, 2.24) is 5.06 Å². The molecule has 1 atom stereocenters. The predicted octanol–water partition coefficient (Wildman–Crippen LogP) is 4.53. The van der Waals surface area contributed by atoms with Crippen LogP contribution < -0.4 is 9.47 Å². The van der Waals surface area contributed by atoms with Gasteiger partial charge in [-0.05, 0) is 29.8 Å². The number of halogens is 3. The van der Waals surface area contributed by atoms with Crippen molar-refractivity contribution in [3.05, 3.63) is 83.6 Å². The summed E-state index contributed by atoms with van der Waals surface area (Å²) in [7, 11) is 1.37. The molecule has 0 radical (unpaired) electrons. The zero-order valence-corrected chi connectivity index (χ0v) is 15.4. The van der Waals surface area contributed by atoms with Gasteiger partial charge < -0.3 is 9.47 Å². The van der Waals surface area contributed by atoms with E-state index in [1.54, 1.807) is 0 Å². The summed E-state index contributed by atoms with van der Waals surface area (Å²) in [5.74, 6) is -0.312. The molecule has 1 heterocycles. The molecule has 5 nitrogen and oxygen atoms in total. The Kier molecular flexibility index (Phi) is 5.93. The van der Waals surface area contributed by atoms with Gasteiger partial charge in [0.2, 0.25) is 0 Å². The summed E-state index contributed by atoms with van der Waals surface area (Å²) in [4.78, 5) is 12.7. The summed E-state index contributed by atoms with van der Waals surface area (Å²) >= 11 is 0. The van der Waals surface area contributed by atoms with Crippen molar-refractivity contribution in [2.24, 2.45) is 0 Å². The molecule has 2 aromatic rings. The van der Waals surface area contributed by atoms with E-state index in [1.807, 2.05) is 30.3 Å². The highest BCUT2D eigenvalue weighted by Crippen LogP contribution is 2.35. The number of alkyl halides is 3. The quantitative estimate of drug-likeness (QED) is 0.716. The molecule has 0 aliphatic carbocycles. The smallest absolute Gasteiger partial charge is 0.415 e. The fourth-order valence-electron chi connectivity index (χ4n) is 2.91. The SMILES string of the molecule is COc1cc(C(=O)C2=CC=CN(O)C2C(F)(F)F)ccc1OCc1ccccc1. The summed E-state index contributed by atoms with van der Waals surface area (Å²) in [6.45, 7) is 0.260. The molecule has 1 aliphatic rings. The van der Waals surface area contributed by atoms with Crippen LogP contribution in [-0.2, 0) is 6.61 Å². The molecule has 29 heavy (non-hydrogen) atoms. The van der Waals surface area contributed by atoms with Gasteiger partial charge in [0.25, 0.3) is 0 Å². The van der Waals surface area contributed by atoms with Crippen LogP contribution in [0.5, 0.6) is 11.5 Å². The molecular formula is C21H18F3NO4. The monoisotopic (exact) mass is 405 g/mol. The largest absolute Gasteiger partial charge is 0.493 e. The minimum Gasteiger partial charge on any atom is -0.493 e. The van der Waals surface area contributed by atoms with Crippen LogP contribution in [0.4, 0.5) is 13.2 Å². The lowest BCUT2D eigenvalue weighted by Gasteiger charge is -2.30. The van der Waals surface area contributed by atoms with Gasteiger partial charge in [0, 0.05) is 17.3 Å². The number of ether oxygens (including phenoxy) is 2. The van der Waals surface area contributed by atoms with E-state index >= 15 is 0 Å². The molecule has 0 bridgehead atoms. The fraction of sp³-hybridized carbons (Fsp3) is 0.190. The van der Waals surface area contributed by atoms with Crippen molar-refractivity contribution in [3.63, 3.8) is 0 Å². The molecule has 0 saturated heterocycles. The van der Waals surface area contributed by atoms with Crippen LogP contribution in [-0.4, -0.2) is 35.4 Å². The van der Waals surface area contributed by atoms with Crippen molar-refractivity contribution in [2.45, 2.75) is 18.8 Å². The third-order valence-corrected chi connectivity index (χ3v) is 4.31. The number of methoxy groups -OCH3 is 1. The van der Waals surface area contributed by atoms with Crippen LogP contribution in [0.3, 0.4) is 0 Å². The first-order chi connectivity index (χ1) is 13.8. The first-order valence-corrected chi connectivity index (χ1v) is 8.63. The second-order valence-corrected chi connectivity index (χ2v) is 6.26. The average molecular weight is 405 g/mol. The number of rotatable bonds is 6. The Balaban J connectivity index is 1.84. The van der Waals surface area contributed by atoms with E-state index in [0.717, 1.165) is 17.8 Å². The summed E-state index contributed by atoms with van der Waals surface area (Å²) in [5, 5.41) is 9.56. The number of carbonyl (C=O) groups excluding carboxylic acids is 1. The van der Waals surface area contributed by atoms with Gasteiger partial charge in [-0.15, -0.1) is 0 Å². The lowest BCUT2D eigenvalue weighted by molar-refractivity contribution is -0.220. The van der Waals surface area contributed by atoms with Crippen LogP contribution >= 0.6 is 0 Å². The lowest BCUT2D eigenvalue weighted by Crippen LogP contribution is -2.45. The topological polar surface area (TPSA) is 59.0 Å². The number of ketones is 1.